The molecule has 2 N–H and O–H groups in total. The van der Waals surface area contributed by atoms with E-state index in [9.17, 15) is 18.8 Å². The molecule has 2 aromatic carbocycles. The van der Waals surface area contributed by atoms with Crippen LogP contribution in [-0.2, 0) is 21.5 Å². The summed E-state index contributed by atoms with van der Waals surface area (Å²) in [5.74, 6) is -1.66. The summed E-state index contributed by atoms with van der Waals surface area (Å²) in [6, 6.07) is 11.7. The number of halogens is 1. The molecule has 0 radical (unpaired) electrons. The number of aromatic amines is 1. The number of amides is 4. The largest absolute Gasteiger partial charge is 0.356 e. The van der Waals surface area contributed by atoms with E-state index in [0.717, 1.165) is 21.4 Å². The number of hydrogen-bond acceptors (Lipinski definition) is 3. The van der Waals surface area contributed by atoms with Crippen LogP contribution < -0.4 is 5.32 Å². The van der Waals surface area contributed by atoms with Crippen LogP contribution in [0, 0.1) is 11.7 Å². The van der Waals surface area contributed by atoms with E-state index in [2.05, 4.69) is 10.3 Å². The van der Waals surface area contributed by atoms with Crippen LogP contribution in [0.5, 0.6) is 0 Å². The summed E-state index contributed by atoms with van der Waals surface area (Å²) >= 11 is 0. The molecule has 4 amide bonds. The van der Waals surface area contributed by atoms with Crippen molar-refractivity contribution in [3.05, 3.63) is 65.6 Å². The molecule has 0 aliphatic carbocycles. The highest BCUT2D eigenvalue weighted by atomic mass is 19.1. The van der Waals surface area contributed by atoms with Crippen LogP contribution in [-0.4, -0.2) is 45.2 Å². The van der Waals surface area contributed by atoms with Gasteiger partial charge in [0.15, 0.2) is 5.54 Å². The molecule has 5 rings (SSSR count). The first-order valence-corrected chi connectivity index (χ1v) is 11.0. The van der Waals surface area contributed by atoms with Crippen LogP contribution >= 0.6 is 0 Å². The molecular weight excluding hydrogens is 423 g/mol. The monoisotopic (exact) mass is 448 g/mol. The van der Waals surface area contributed by atoms with Gasteiger partial charge in [-0.25, -0.2) is 14.1 Å². The number of para-hydroxylation sites is 1. The highest BCUT2D eigenvalue weighted by Gasteiger charge is 2.61. The quantitative estimate of drug-likeness (QED) is 0.592. The zero-order chi connectivity index (χ0) is 23.5. The number of hydrogen-bond donors (Lipinski definition) is 2. The number of nitrogens with zero attached hydrogens (tertiary/aromatic N) is 2. The lowest BCUT2D eigenvalue weighted by Crippen LogP contribution is -2.51. The number of nitrogens with one attached hydrogen (secondary N) is 2. The number of fused-ring (bicyclic) bond motifs is 5. The maximum atomic E-state index is 13.9. The fraction of sp³-hybridized carbons (Fsp3) is 0.320. The maximum absolute atomic E-state index is 13.9. The molecule has 33 heavy (non-hydrogen) atoms. The van der Waals surface area contributed by atoms with Gasteiger partial charge in [0.2, 0.25) is 5.91 Å². The molecule has 3 heterocycles. The molecule has 3 aromatic rings. The Labute approximate surface area is 190 Å². The van der Waals surface area contributed by atoms with Crippen molar-refractivity contribution in [3.63, 3.8) is 0 Å². The van der Waals surface area contributed by atoms with Crippen molar-refractivity contribution >= 4 is 34.4 Å². The molecule has 0 spiro atoms. The summed E-state index contributed by atoms with van der Waals surface area (Å²) in [5, 5.41) is 3.77. The number of carbonyl (C=O) groups excluding carboxylic acids is 3. The summed E-state index contributed by atoms with van der Waals surface area (Å²) in [5.41, 5.74) is 1.83. The minimum absolute atomic E-state index is 0.328. The van der Waals surface area contributed by atoms with Crippen molar-refractivity contribution in [2.75, 3.05) is 11.9 Å². The summed E-state index contributed by atoms with van der Waals surface area (Å²) < 4.78 is 13.3. The Hall–Kier alpha value is -3.68. The van der Waals surface area contributed by atoms with Crippen LogP contribution in [0.3, 0.4) is 0 Å². The molecule has 0 bridgehead atoms. The third-order valence-corrected chi connectivity index (χ3v) is 6.79. The minimum atomic E-state index is -1.22. The number of benzene rings is 2. The van der Waals surface area contributed by atoms with Gasteiger partial charge in [-0.3, -0.25) is 9.59 Å². The van der Waals surface area contributed by atoms with Crippen LogP contribution in [0.2, 0.25) is 0 Å². The Bertz CT molecular complexity index is 1280. The molecule has 2 atom stereocenters. The number of urea groups is 1. The van der Waals surface area contributed by atoms with E-state index in [-0.39, 0.29) is 5.92 Å². The van der Waals surface area contributed by atoms with E-state index in [1.165, 1.54) is 24.3 Å². The second-order valence-corrected chi connectivity index (χ2v) is 9.14. The van der Waals surface area contributed by atoms with E-state index < -0.39 is 35.2 Å². The fourth-order valence-corrected chi connectivity index (χ4v) is 5.13. The number of imide groups is 1. The highest BCUT2D eigenvalue weighted by molar-refractivity contribution is 6.12. The number of anilines is 1. The van der Waals surface area contributed by atoms with Crippen LogP contribution in [0.1, 0.15) is 32.0 Å². The van der Waals surface area contributed by atoms with Gasteiger partial charge in [0.05, 0.1) is 5.69 Å². The first-order chi connectivity index (χ1) is 15.7. The SMILES string of the molecule is CC(C)C(C(=O)Nc1ccc(F)cc1)N1C(=O)N2CCc3c([nH]c4ccccc34)C2(C)C1=O. The summed E-state index contributed by atoms with van der Waals surface area (Å²) in [7, 11) is 0. The Morgan fingerprint density at radius 3 is 2.52 bits per heavy atom. The average molecular weight is 448 g/mol. The second-order valence-electron chi connectivity index (χ2n) is 9.14. The molecule has 2 aliphatic rings. The van der Waals surface area contributed by atoms with E-state index >= 15 is 0 Å². The van der Waals surface area contributed by atoms with Gasteiger partial charge in [0.25, 0.3) is 5.91 Å². The number of H-pyrrole nitrogens is 1. The first kappa shape index (κ1) is 21.2. The van der Waals surface area contributed by atoms with Gasteiger partial charge < -0.3 is 15.2 Å². The minimum Gasteiger partial charge on any atom is -0.356 e. The lowest BCUT2D eigenvalue weighted by Gasteiger charge is -2.36. The lowest BCUT2D eigenvalue weighted by molar-refractivity contribution is -0.139. The molecule has 7 nitrogen and oxygen atoms in total. The zero-order valence-corrected chi connectivity index (χ0v) is 18.7. The van der Waals surface area contributed by atoms with E-state index in [1.807, 2.05) is 24.3 Å². The molecule has 1 fully saturated rings. The molecule has 2 aliphatic heterocycles. The standard InChI is InChI=1S/C25H25FN4O3/c1-14(2)20(22(31)27-16-10-8-15(26)9-11-16)30-23(32)25(3)21-18(12-13-29(25)24(30)33)17-6-4-5-7-19(17)28-21/h4-11,14,20,28H,12-13H2,1-3H3,(H,27,31). The van der Waals surface area contributed by atoms with Gasteiger partial charge in [0, 0.05) is 23.1 Å². The van der Waals surface area contributed by atoms with Gasteiger partial charge in [-0.05, 0) is 55.2 Å². The normalized spacial score (nSPS) is 20.9. The van der Waals surface area contributed by atoms with Gasteiger partial charge in [-0.15, -0.1) is 0 Å². The number of aromatic nitrogens is 1. The van der Waals surface area contributed by atoms with Crippen molar-refractivity contribution in [1.82, 2.24) is 14.8 Å². The molecule has 1 saturated heterocycles. The highest BCUT2D eigenvalue weighted by Crippen LogP contribution is 2.45. The predicted octanol–water partition coefficient (Wildman–Crippen LogP) is 4.01. The second kappa shape index (κ2) is 7.43. The van der Waals surface area contributed by atoms with Crippen molar-refractivity contribution < 1.29 is 18.8 Å². The van der Waals surface area contributed by atoms with Gasteiger partial charge in [-0.2, -0.15) is 0 Å². The van der Waals surface area contributed by atoms with Gasteiger partial charge in [0.1, 0.15) is 11.9 Å². The lowest BCUT2D eigenvalue weighted by atomic mass is 9.86. The molecular formula is C25H25FN4O3. The first-order valence-electron chi connectivity index (χ1n) is 11.0. The third-order valence-electron chi connectivity index (χ3n) is 6.79. The fourth-order valence-electron chi connectivity index (χ4n) is 5.13. The zero-order valence-electron chi connectivity index (χ0n) is 18.7. The average Bonchev–Trinajstić information content (AvgIpc) is 3.25. The van der Waals surface area contributed by atoms with Gasteiger partial charge in [-0.1, -0.05) is 32.0 Å². The third kappa shape index (κ3) is 3.04. The van der Waals surface area contributed by atoms with E-state index in [4.69, 9.17) is 0 Å². The molecule has 8 heteroatoms. The Balaban J connectivity index is 1.53. The van der Waals surface area contributed by atoms with Crippen LogP contribution in [0.4, 0.5) is 14.9 Å². The van der Waals surface area contributed by atoms with Gasteiger partial charge >= 0.3 is 6.03 Å². The van der Waals surface area contributed by atoms with Crippen molar-refractivity contribution in [2.45, 2.75) is 38.8 Å². The van der Waals surface area contributed by atoms with E-state index in [0.29, 0.717) is 24.3 Å². The van der Waals surface area contributed by atoms with Crippen molar-refractivity contribution in [3.8, 4) is 0 Å². The molecule has 2 unspecified atom stereocenters. The maximum Gasteiger partial charge on any atom is 0.328 e. The Morgan fingerprint density at radius 2 is 1.82 bits per heavy atom. The van der Waals surface area contributed by atoms with Crippen molar-refractivity contribution in [2.24, 2.45) is 5.92 Å². The van der Waals surface area contributed by atoms with Crippen LogP contribution in [0.25, 0.3) is 10.9 Å². The summed E-state index contributed by atoms with van der Waals surface area (Å²) in [6.45, 7) is 5.72. The molecule has 170 valence electrons. The predicted molar refractivity (Wildman–Crippen MR) is 122 cm³/mol. The topological polar surface area (TPSA) is 85.5 Å². The van der Waals surface area contributed by atoms with E-state index in [1.54, 1.807) is 25.7 Å². The number of rotatable bonds is 4. The number of carbonyl (C=O) groups is 3. The smallest absolute Gasteiger partial charge is 0.328 e. The Kier molecular flexibility index (Phi) is 4.77. The molecule has 0 saturated carbocycles. The van der Waals surface area contributed by atoms with Crippen molar-refractivity contribution in [1.29, 1.82) is 0 Å². The summed E-state index contributed by atoms with van der Waals surface area (Å²) in [4.78, 5) is 46.7. The summed E-state index contributed by atoms with van der Waals surface area (Å²) in [6.07, 6.45) is 0.621. The molecule has 1 aromatic heterocycles. The Morgan fingerprint density at radius 1 is 1.12 bits per heavy atom. The van der Waals surface area contributed by atoms with Crippen LogP contribution in [0.15, 0.2) is 48.5 Å².